The van der Waals surface area contributed by atoms with Crippen LogP contribution in [0.15, 0.2) is 12.2 Å². The highest BCUT2D eigenvalue weighted by molar-refractivity contribution is 6.77. The van der Waals surface area contributed by atoms with Crippen LogP contribution in [-0.4, -0.2) is 50.4 Å². The average molecular weight is 254 g/mol. The molecule has 0 aromatic carbocycles. The van der Waals surface area contributed by atoms with Crippen LogP contribution in [0, 0.1) is 0 Å². The molecule has 17 heavy (non-hydrogen) atoms. The minimum atomic E-state index is -1.29. The molecule has 0 N–H and O–H groups in total. The Balaban J connectivity index is 2.55. The van der Waals surface area contributed by atoms with Crippen molar-refractivity contribution in [2.75, 3.05) is 32.7 Å². The maximum atomic E-state index is 4.01. The van der Waals surface area contributed by atoms with Crippen LogP contribution < -0.4 is 0 Å². The van der Waals surface area contributed by atoms with Gasteiger partial charge in [0.1, 0.15) is 8.24 Å². The van der Waals surface area contributed by atoms with Crippen LogP contribution in [-0.2, 0) is 0 Å². The second-order valence-electron chi connectivity index (χ2n) is 7.03. The third-order valence-electron chi connectivity index (χ3n) is 4.49. The number of hydrogen-bond donors (Lipinski definition) is 0. The molecule has 3 heteroatoms. The van der Waals surface area contributed by atoms with E-state index in [0.29, 0.717) is 5.04 Å². The van der Waals surface area contributed by atoms with E-state index in [-0.39, 0.29) is 0 Å². The first-order valence-corrected chi connectivity index (χ1v) is 9.71. The van der Waals surface area contributed by atoms with Gasteiger partial charge in [0, 0.05) is 32.7 Å². The van der Waals surface area contributed by atoms with Gasteiger partial charge in [0.05, 0.1) is 0 Å². The monoisotopic (exact) mass is 254 g/mol. The van der Waals surface area contributed by atoms with Crippen LogP contribution in [0.4, 0.5) is 0 Å². The Morgan fingerprint density at radius 2 is 1.59 bits per heavy atom. The zero-order chi connectivity index (χ0) is 13.3. The van der Waals surface area contributed by atoms with Gasteiger partial charge in [0.25, 0.3) is 0 Å². The number of hydrogen-bond acceptors (Lipinski definition) is 2. The first-order chi connectivity index (χ1) is 7.64. The summed E-state index contributed by atoms with van der Waals surface area (Å²) in [5.74, 6) is 0. The van der Waals surface area contributed by atoms with Crippen molar-refractivity contribution >= 4 is 8.24 Å². The molecule has 1 aliphatic heterocycles. The summed E-state index contributed by atoms with van der Waals surface area (Å²) in [6.45, 7) is 24.3. The van der Waals surface area contributed by atoms with E-state index in [1.165, 1.54) is 31.8 Å². The van der Waals surface area contributed by atoms with Crippen molar-refractivity contribution in [3.05, 3.63) is 12.2 Å². The second-order valence-corrected chi connectivity index (χ2v) is 12.3. The maximum absolute atomic E-state index is 4.01. The van der Waals surface area contributed by atoms with Gasteiger partial charge in [-0.25, -0.2) is 0 Å². The van der Waals surface area contributed by atoms with E-state index in [2.05, 4.69) is 56.8 Å². The molecular formula is C14H30N2Si. The highest BCUT2D eigenvalue weighted by atomic mass is 28.3. The Morgan fingerprint density at radius 1 is 1.12 bits per heavy atom. The number of nitrogens with zero attached hydrogens (tertiary/aromatic N) is 2. The second kappa shape index (κ2) is 5.25. The van der Waals surface area contributed by atoms with Gasteiger partial charge >= 0.3 is 0 Å². The molecule has 1 fully saturated rings. The number of piperazine rings is 1. The zero-order valence-corrected chi connectivity index (χ0v) is 13.6. The van der Waals surface area contributed by atoms with E-state index in [4.69, 9.17) is 0 Å². The fraction of sp³-hybridized carbons (Fsp3) is 0.857. The molecule has 0 bridgehead atoms. The molecular weight excluding hydrogens is 224 g/mol. The van der Waals surface area contributed by atoms with Crippen LogP contribution in [0.1, 0.15) is 27.7 Å². The molecule has 0 radical (unpaired) electrons. The van der Waals surface area contributed by atoms with Crippen LogP contribution in [0.25, 0.3) is 0 Å². The largest absolute Gasteiger partial charge is 0.321 e. The van der Waals surface area contributed by atoms with E-state index in [1.807, 2.05) is 0 Å². The lowest BCUT2D eigenvalue weighted by molar-refractivity contribution is 0.192. The highest BCUT2D eigenvalue weighted by Gasteiger charge is 2.41. The van der Waals surface area contributed by atoms with Crippen molar-refractivity contribution in [3.8, 4) is 0 Å². The quantitative estimate of drug-likeness (QED) is 0.564. The molecule has 1 aliphatic rings. The first-order valence-electron chi connectivity index (χ1n) is 6.76. The van der Waals surface area contributed by atoms with E-state index in [9.17, 15) is 0 Å². The summed E-state index contributed by atoms with van der Waals surface area (Å²) in [7, 11) is -1.29. The minimum Gasteiger partial charge on any atom is -0.321 e. The van der Waals surface area contributed by atoms with Crippen LogP contribution in [0.2, 0.25) is 18.1 Å². The molecule has 0 atom stereocenters. The van der Waals surface area contributed by atoms with Crippen molar-refractivity contribution in [2.45, 2.75) is 45.8 Å². The van der Waals surface area contributed by atoms with Crippen LogP contribution >= 0.6 is 0 Å². The Kier molecular flexibility index (Phi) is 4.61. The van der Waals surface area contributed by atoms with Crippen molar-refractivity contribution < 1.29 is 0 Å². The highest BCUT2D eigenvalue weighted by Crippen LogP contribution is 2.38. The molecule has 2 nitrogen and oxygen atoms in total. The topological polar surface area (TPSA) is 6.48 Å². The summed E-state index contributed by atoms with van der Waals surface area (Å²) in [6.07, 6.45) is 0. The van der Waals surface area contributed by atoms with E-state index >= 15 is 0 Å². The lowest BCUT2D eigenvalue weighted by Gasteiger charge is -2.49. The molecule has 0 saturated carbocycles. The summed E-state index contributed by atoms with van der Waals surface area (Å²) in [5.41, 5.74) is 1.28. The molecule has 1 saturated heterocycles. The lowest BCUT2D eigenvalue weighted by atomic mass is 10.2. The van der Waals surface area contributed by atoms with Gasteiger partial charge in [0.2, 0.25) is 0 Å². The molecule has 0 unspecified atom stereocenters. The third kappa shape index (κ3) is 3.67. The SMILES string of the molecule is C=C(C)CN1CCN([Si](C)(C)C(C)(C)C)CC1. The van der Waals surface area contributed by atoms with Gasteiger partial charge < -0.3 is 4.57 Å². The molecule has 100 valence electrons. The third-order valence-corrected chi connectivity index (χ3v) is 10.2. The standard InChI is InChI=1S/C14H30N2Si/c1-13(2)12-15-8-10-16(11-9-15)17(6,7)14(3,4)5/h1,8-12H2,2-7H3. The van der Waals surface area contributed by atoms with Gasteiger partial charge in [-0.2, -0.15) is 0 Å². The molecule has 0 spiro atoms. The van der Waals surface area contributed by atoms with Crippen LogP contribution in [0.3, 0.4) is 0 Å². The molecule has 1 rings (SSSR count). The van der Waals surface area contributed by atoms with Gasteiger partial charge in [-0.1, -0.05) is 46.0 Å². The predicted octanol–water partition coefficient (Wildman–Crippen LogP) is 3.19. The van der Waals surface area contributed by atoms with Crippen molar-refractivity contribution in [1.29, 1.82) is 0 Å². The summed E-state index contributed by atoms with van der Waals surface area (Å²) in [6, 6.07) is 0. The Hall–Kier alpha value is -0.123. The van der Waals surface area contributed by atoms with Gasteiger partial charge in [0.15, 0.2) is 0 Å². The summed E-state index contributed by atoms with van der Waals surface area (Å²) in [4.78, 5) is 2.53. The molecule has 0 aromatic heterocycles. The van der Waals surface area contributed by atoms with Crippen molar-refractivity contribution in [1.82, 2.24) is 9.47 Å². The molecule has 0 aliphatic carbocycles. The van der Waals surface area contributed by atoms with E-state index < -0.39 is 8.24 Å². The summed E-state index contributed by atoms with van der Waals surface area (Å²) in [5, 5.41) is 0.462. The summed E-state index contributed by atoms with van der Waals surface area (Å²) >= 11 is 0. The fourth-order valence-electron chi connectivity index (χ4n) is 2.32. The normalized spacial score (nSPS) is 20.6. The Morgan fingerprint density at radius 3 is 1.94 bits per heavy atom. The fourth-order valence-corrected chi connectivity index (χ4v) is 4.59. The molecule has 0 aromatic rings. The molecule has 1 heterocycles. The first kappa shape index (κ1) is 14.9. The van der Waals surface area contributed by atoms with E-state index in [1.54, 1.807) is 0 Å². The number of rotatable bonds is 3. The van der Waals surface area contributed by atoms with Gasteiger partial charge in [-0.3, -0.25) is 4.90 Å². The lowest BCUT2D eigenvalue weighted by Crippen LogP contribution is -2.61. The maximum Gasteiger partial charge on any atom is 0.127 e. The average Bonchev–Trinajstić information content (AvgIpc) is 2.15. The van der Waals surface area contributed by atoms with Crippen LogP contribution in [0.5, 0.6) is 0 Å². The molecule has 0 amide bonds. The predicted molar refractivity (Wildman–Crippen MR) is 80.0 cm³/mol. The summed E-state index contributed by atoms with van der Waals surface area (Å²) < 4.78 is 2.78. The van der Waals surface area contributed by atoms with Crippen molar-refractivity contribution in [2.24, 2.45) is 0 Å². The smallest absolute Gasteiger partial charge is 0.127 e. The van der Waals surface area contributed by atoms with E-state index in [0.717, 1.165) is 6.54 Å². The van der Waals surface area contributed by atoms with Gasteiger partial charge in [-0.05, 0) is 12.0 Å². The zero-order valence-electron chi connectivity index (χ0n) is 12.6. The Labute approximate surface area is 109 Å². The minimum absolute atomic E-state index is 0.462. The van der Waals surface area contributed by atoms with Crippen molar-refractivity contribution in [3.63, 3.8) is 0 Å². The Bertz CT molecular complexity index is 270. The van der Waals surface area contributed by atoms with Gasteiger partial charge in [-0.15, -0.1) is 0 Å².